The topological polar surface area (TPSA) is 132 Å². The van der Waals surface area contributed by atoms with Crippen molar-refractivity contribution in [2.75, 3.05) is 18.9 Å². The molecule has 1 saturated heterocycles. The van der Waals surface area contributed by atoms with Gasteiger partial charge in [0.25, 0.3) is 11.6 Å². The molecule has 1 aromatic heterocycles. The number of likely N-dealkylation sites (N-methyl/N-ethyl adjacent to an activating group) is 1. The van der Waals surface area contributed by atoms with Crippen molar-refractivity contribution in [3.8, 4) is 6.07 Å². The molecule has 0 saturated carbocycles. The van der Waals surface area contributed by atoms with E-state index in [4.69, 9.17) is 11.6 Å². The van der Waals surface area contributed by atoms with E-state index in [1.54, 1.807) is 54.5 Å². The number of nitriles is 1. The highest BCUT2D eigenvalue weighted by atomic mass is 35.5. The molecule has 4 aromatic rings. The van der Waals surface area contributed by atoms with Crippen molar-refractivity contribution in [3.05, 3.63) is 105 Å². The average Bonchev–Trinajstić information content (AvgIpc) is 3.56. The van der Waals surface area contributed by atoms with Crippen LogP contribution in [0.15, 0.2) is 72.9 Å². The molecule has 2 N–H and O–H groups in total. The number of H-pyrrole nitrogens is 1. The van der Waals surface area contributed by atoms with E-state index in [0.717, 1.165) is 0 Å². The molecule has 2 aliphatic heterocycles. The van der Waals surface area contributed by atoms with Gasteiger partial charge in [-0.15, -0.1) is 0 Å². The predicted molar refractivity (Wildman–Crippen MR) is 141 cm³/mol. The number of fused-ring (bicyclic) bond motifs is 3. The van der Waals surface area contributed by atoms with Crippen LogP contribution in [0.2, 0.25) is 5.02 Å². The number of carbonyl (C=O) groups excluding carboxylic acids is 2. The number of ketones is 1. The highest BCUT2D eigenvalue weighted by Gasteiger charge is 2.74. The van der Waals surface area contributed by atoms with Crippen LogP contribution in [0.25, 0.3) is 10.9 Å². The van der Waals surface area contributed by atoms with Gasteiger partial charge in [-0.05, 0) is 36.9 Å². The zero-order valence-electron chi connectivity index (χ0n) is 20.1. The maximum absolute atomic E-state index is 14.8. The Hall–Kier alpha value is -4.52. The van der Waals surface area contributed by atoms with E-state index in [1.165, 1.54) is 18.2 Å². The van der Waals surface area contributed by atoms with Gasteiger partial charge in [0.05, 0.1) is 11.0 Å². The first-order valence-electron chi connectivity index (χ1n) is 11.8. The summed E-state index contributed by atoms with van der Waals surface area (Å²) in [5.41, 5.74) is -1.66. The molecular weight excluding hydrogens is 506 g/mol. The number of Topliss-reactive ketones (excluding diaryl/α,β-unsaturated/α-hetero) is 1. The number of aromatic nitrogens is 1. The Balaban J connectivity index is 1.69. The van der Waals surface area contributed by atoms with Gasteiger partial charge in [-0.2, -0.15) is 5.26 Å². The lowest BCUT2D eigenvalue weighted by Crippen LogP contribution is -2.58. The van der Waals surface area contributed by atoms with E-state index in [-0.39, 0.29) is 17.8 Å². The second-order valence-electron chi connectivity index (χ2n) is 9.64. The van der Waals surface area contributed by atoms with Gasteiger partial charge in [-0.25, -0.2) is 0 Å². The standard InChI is InChI=1S/C28H20ClN5O4/c1-33-14-22(16-5-4-6-18(11-16)34(37)38)27(15-30,25(35)20-13-31-23-8-3-2-7-19(20)23)28(33)21-12-17(29)9-10-24(21)32-26(28)36/h2-13,22,31H,14H2,1H3,(H,32,36)/t22-,27+,28?/m0/s1. The van der Waals surface area contributed by atoms with Gasteiger partial charge >= 0.3 is 0 Å². The normalized spacial score (nSPS) is 24.3. The first kappa shape index (κ1) is 23.9. The maximum atomic E-state index is 14.8. The number of nitrogens with zero attached hydrogens (tertiary/aromatic N) is 3. The first-order valence-corrected chi connectivity index (χ1v) is 12.2. The number of hydrogen-bond acceptors (Lipinski definition) is 6. The van der Waals surface area contributed by atoms with Crippen LogP contribution in [0.3, 0.4) is 0 Å². The largest absolute Gasteiger partial charge is 0.360 e. The van der Waals surface area contributed by atoms with Crippen molar-refractivity contribution in [3.63, 3.8) is 0 Å². The Bertz CT molecular complexity index is 1730. The first-order chi connectivity index (χ1) is 18.3. The van der Waals surface area contributed by atoms with Crippen LogP contribution in [0, 0.1) is 26.9 Å². The summed E-state index contributed by atoms with van der Waals surface area (Å²) in [5, 5.41) is 26.5. The number of rotatable bonds is 4. The molecule has 0 bridgehead atoms. The molecule has 1 amide bonds. The third kappa shape index (κ3) is 2.90. The molecule has 2 aliphatic rings. The van der Waals surface area contributed by atoms with E-state index in [1.807, 2.05) is 12.1 Å². The smallest absolute Gasteiger partial charge is 0.269 e. The Morgan fingerprint density at radius 1 is 1.18 bits per heavy atom. The van der Waals surface area contributed by atoms with Crippen molar-refractivity contribution in [2.24, 2.45) is 5.41 Å². The number of carbonyl (C=O) groups is 2. The molecular formula is C28H20ClN5O4. The minimum absolute atomic E-state index is 0.113. The summed E-state index contributed by atoms with van der Waals surface area (Å²) in [6.07, 6.45) is 1.55. The molecule has 1 fully saturated rings. The van der Waals surface area contributed by atoms with Crippen molar-refractivity contribution >= 4 is 45.6 Å². The molecule has 1 spiro atoms. The summed E-state index contributed by atoms with van der Waals surface area (Å²) in [5.74, 6) is -1.96. The Labute approximate surface area is 221 Å². The molecule has 188 valence electrons. The molecule has 3 heterocycles. The second kappa shape index (κ2) is 8.25. The van der Waals surface area contributed by atoms with E-state index in [9.17, 15) is 25.0 Å². The number of nitro benzene ring substituents is 1. The van der Waals surface area contributed by atoms with Gasteiger partial charge in [0.2, 0.25) is 0 Å². The zero-order valence-corrected chi connectivity index (χ0v) is 20.8. The third-order valence-electron chi connectivity index (χ3n) is 7.92. The number of benzene rings is 3. The Morgan fingerprint density at radius 2 is 1.97 bits per heavy atom. The number of nitrogens with one attached hydrogen (secondary N) is 2. The minimum atomic E-state index is -2.00. The van der Waals surface area contributed by atoms with Gasteiger partial charge in [-0.3, -0.25) is 24.6 Å². The number of para-hydroxylation sites is 1. The number of anilines is 1. The molecule has 0 aliphatic carbocycles. The predicted octanol–water partition coefficient (Wildman–Crippen LogP) is 5.00. The van der Waals surface area contributed by atoms with Crippen molar-refractivity contribution in [2.45, 2.75) is 11.5 Å². The quantitative estimate of drug-likeness (QED) is 0.219. The molecule has 10 heteroatoms. The number of non-ortho nitro benzene ring substituents is 1. The lowest BCUT2D eigenvalue weighted by Gasteiger charge is -2.41. The molecule has 3 aromatic carbocycles. The third-order valence-corrected chi connectivity index (χ3v) is 8.16. The summed E-state index contributed by atoms with van der Waals surface area (Å²) in [6, 6.07) is 20.3. The lowest BCUT2D eigenvalue weighted by atomic mass is 9.58. The molecule has 0 radical (unpaired) electrons. The minimum Gasteiger partial charge on any atom is -0.360 e. The number of halogens is 1. The molecule has 38 heavy (non-hydrogen) atoms. The Kier molecular flexibility index (Phi) is 5.18. The number of hydrogen-bond donors (Lipinski definition) is 2. The van der Waals surface area contributed by atoms with Crippen LogP contribution in [0.1, 0.15) is 27.4 Å². The lowest BCUT2D eigenvalue weighted by molar-refractivity contribution is -0.384. The molecule has 9 nitrogen and oxygen atoms in total. The fraction of sp³-hybridized carbons (Fsp3) is 0.179. The van der Waals surface area contributed by atoms with Crippen LogP contribution in [-0.4, -0.2) is 40.1 Å². The monoisotopic (exact) mass is 525 g/mol. The van der Waals surface area contributed by atoms with Gasteiger partial charge < -0.3 is 10.3 Å². The van der Waals surface area contributed by atoms with Gasteiger partial charge in [-0.1, -0.05) is 41.9 Å². The van der Waals surface area contributed by atoms with Crippen LogP contribution in [-0.2, 0) is 10.3 Å². The zero-order chi connectivity index (χ0) is 26.8. The summed E-state index contributed by atoms with van der Waals surface area (Å²) >= 11 is 6.38. The number of nitro groups is 1. The summed E-state index contributed by atoms with van der Waals surface area (Å²) in [6.45, 7) is 0.113. The fourth-order valence-electron chi connectivity index (χ4n) is 6.35. The van der Waals surface area contributed by atoms with Crippen molar-refractivity contribution in [1.29, 1.82) is 5.26 Å². The van der Waals surface area contributed by atoms with Gasteiger partial charge in [0.1, 0.15) is 0 Å². The van der Waals surface area contributed by atoms with E-state index in [0.29, 0.717) is 32.7 Å². The number of amides is 1. The van der Waals surface area contributed by atoms with Crippen LogP contribution in [0.4, 0.5) is 11.4 Å². The summed E-state index contributed by atoms with van der Waals surface area (Å²) in [4.78, 5) is 44.7. The van der Waals surface area contributed by atoms with Crippen molar-refractivity contribution in [1.82, 2.24) is 9.88 Å². The van der Waals surface area contributed by atoms with E-state index >= 15 is 0 Å². The molecule has 6 rings (SSSR count). The number of likely N-dealkylation sites (tertiary alicyclic amines) is 1. The number of aromatic amines is 1. The maximum Gasteiger partial charge on any atom is 0.269 e. The van der Waals surface area contributed by atoms with Crippen LogP contribution in [0.5, 0.6) is 0 Å². The fourth-order valence-corrected chi connectivity index (χ4v) is 6.52. The molecule has 1 unspecified atom stereocenters. The van der Waals surface area contributed by atoms with Crippen LogP contribution < -0.4 is 5.32 Å². The van der Waals surface area contributed by atoms with E-state index in [2.05, 4.69) is 16.4 Å². The summed E-state index contributed by atoms with van der Waals surface area (Å²) < 4.78 is 0. The second-order valence-corrected chi connectivity index (χ2v) is 10.1. The highest BCUT2D eigenvalue weighted by molar-refractivity contribution is 6.31. The SMILES string of the molecule is CN1C[C@@H](c2cccc([N+](=O)[O-])c2)[C@](C#N)(C(=O)c2c[nH]c3ccccc23)C12C(=O)Nc1ccc(Cl)cc12. The van der Waals surface area contributed by atoms with Gasteiger partial charge in [0.15, 0.2) is 16.7 Å². The van der Waals surface area contributed by atoms with Gasteiger partial charge in [0, 0.05) is 63.5 Å². The molecule has 3 atom stereocenters. The average molecular weight is 526 g/mol. The van der Waals surface area contributed by atoms with E-state index < -0.39 is 33.5 Å². The van der Waals surface area contributed by atoms with Crippen LogP contribution >= 0.6 is 11.6 Å². The van der Waals surface area contributed by atoms with Crippen molar-refractivity contribution < 1.29 is 14.5 Å². The highest BCUT2D eigenvalue weighted by Crippen LogP contribution is 2.63. The summed E-state index contributed by atoms with van der Waals surface area (Å²) in [7, 11) is 1.68. The Morgan fingerprint density at radius 3 is 2.74 bits per heavy atom.